The maximum absolute atomic E-state index is 13.4. The van der Waals surface area contributed by atoms with Gasteiger partial charge in [-0.15, -0.1) is 0 Å². The summed E-state index contributed by atoms with van der Waals surface area (Å²) in [6.45, 7) is 3.49. The largest absolute Gasteiger partial charge is 0.351 e. The molecule has 2 amide bonds. The molecule has 1 saturated heterocycles. The zero-order valence-corrected chi connectivity index (χ0v) is 10.6. The number of hydrogen-bond donors (Lipinski definition) is 2. The molecule has 1 atom stereocenters. The van der Waals surface area contributed by atoms with Crippen molar-refractivity contribution in [2.45, 2.75) is 12.5 Å². The van der Waals surface area contributed by atoms with Gasteiger partial charge < -0.3 is 16.0 Å². The molecule has 1 aromatic carbocycles. The molecule has 0 aromatic heterocycles. The van der Waals surface area contributed by atoms with Crippen molar-refractivity contribution in [2.75, 3.05) is 19.6 Å². The molecule has 0 aliphatic carbocycles. The van der Waals surface area contributed by atoms with E-state index in [2.05, 4.69) is 5.32 Å². The number of piperazine rings is 1. The lowest BCUT2D eigenvalue weighted by Gasteiger charge is -2.44. The Morgan fingerprint density at radius 1 is 1.63 bits per heavy atom. The summed E-state index contributed by atoms with van der Waals surface area (Å²) in [6, 6.07) is 5.58. The first-order valence-corrected chi connectivity index (χ1v) is 5.97. The number of nitrogens with zero attached hydrogens (tertiary/aromatic N) is 2. The highest BCUT2D eigenvalue weighted by molar-refractivity contribution is 5.73. The number of nitrogens with two attached hydrogens (primary N) is 1. The molecule has 2 rings (SSSR count). The fourth-order valence-electron chi connectivity index (χ4n) is 2.42. The van der Waals surface area contributed by atoms with Crippen LogP contribution >= 0.6 is 0 Å². The van der Waals surface area contributed by atoms with E-state index in [0.717, 1.165) is 0 Å². The van der Waals surface area contributed by atoms with Gasteiger partial charge in [0.05, 0.1) is 11.1 Å². The average Bonchev–Trinajstić information content (AvgIpc) is 2.39. The summed E-state index contributed by atoms with van der Waals surface area (Å²) in [5, 5.41) is 12.1. The van der Waals surface area contributed by atoms with Crippen LogP contribution in [0.3, 0.4) is 0 Å². The van der Waals surface area contributed by atoms with Crippen LogP contribution in [0.5, 0.6) is 0 Å². The summed E-state index contributed by atoms with van der Waals surface area (Å²) in [5.74, 6) is -0.566. The molecule has 1 heterocycles. The first-order chi connectivity index (χ1) is 8.99. The van der Waals surface area contributed by atoms with Gasteiger partial charge in [0.1, 0.15) is 11.9 Å². The van der Waals surface area contributed by atoms with Crippen LogP contribution in [0.2, 0.25) is 0 Å². The SMILES string of the molecule is CC1(c2ccc(F)c(C#N)c2)CNCCN1C(N)=O. The van der Waals surface area contributed by atoms with Gasteiger partial charge in [-0.3, -0.25) is 0 Å². The molecule has 1 unspecified atom stereocenters. The Hall–Kier alpha value is -2.13. The van der Waals surface area contributed by atoms with E-state index in [1.54, 1.807) is 12.1 Å². The molecular weight excluding hydrogens is 247 g/mol. The number of benzene rings is 1. The molecule has 1 aliphatic heterocycles. The van der Waals surface area contributed by atoms with Crippen LogP contribution in [-0.2, 0) is 5.54 Å². The van der Waals surface area contributed by atoms with Gasteiger partial charge >= 0.3 is 6.03 Å². The normalized spacial score (nSPS) is 22.9. The minimum Gasteiger partial charge on any atom is -0.351 e. The van der Waals surface area contributed by atoms with E-state index in [9.17, 15) is 9.18 Å². The zero-order chi connectivity index (χ0) is 14.0. The fraction of sp³-hybridized carbons (Fsp3) is 0.385. The second-order valence-electron chi connectivity index (χ2n) is 4.75. The van der Waals surface area contributed by atoms with Crippen molar-refractivity contribution < 1.29 is 9.18 Å². The predicted molar refractivity (Wildman–Crippen MR) is 67.6 cm³/mol. The monoisotopic (exact) mass is 262 g/mol. The highest BCUT2D eigenvalue weighted by atomic mass is 19.1. The fourth-order valence-corrected chi connectivity index (χ4v) is 2.42. The van der Waals surface area contributed by atoms with Gasteiger partial charge in [0.2, 0.25) is 0 Å². The Balaban J connectivity index is 2.48. The second kappa shape index (κ2) is 4.86. The van der Waals surface area contributed by atoms with Gasteiger partial charge in [-0.2, -0.15) is 5.26 Å². The molecule has 0 radical (unpaired) electrons. The number of halogens is 1. The predicted octanol–water partition coefficient (Wildman–Crippen LogP) is 0.896. The van der Waals surface area contributed by atoms with Crippen molar-refractivity contribution in [1.82, 2.24) is 10.2 Å². The first-order valence-electron chi connectivity index (χ1n) is 5.97. The number of amides is 2. The molecular formula is C13H15FN4O. The first kappa shape index (κ1) is 13.3. The van der Waals surface area contributed by atoms with Crippen molar-refractivity contribution in [3.05, 3.63) is 35.1 Å². The molecule has 1 fully saturated rings. The maximum Gasteiger partial charge on any atom is 0.315 e. The van der Waals surface area contributed by atoms with Crippen LogP contribution in [0.25, 0.3) is 0 Å². The van der Waals surface area contributed by atoms with E-state index >= 15 is 0 Å². The zero-order valence-electron chi connectivity index (χ0n) is 10.6. The quantitative estimate of drug-likeness (QED) is 0.788. The Morgan fingerprint density at radius 2 is 2.37 bits per heavy atom. The number of carbonyl (C=O) groups excluding carboxylic acids is 1. The summed E-state index contributed by atoms with van der Waals surface area (Å²) >= 11 is 0. The Morgan fingerprint density at radius 3 is 3.00 bits per heavy atom. The van der Waals surface area contributed by atoms with Crippen LogP contribution in [0, 0.1) is 17.1 Å². The summed E-state index contributed by atoms with van der Waals surface area (Å²) < 4.78 is 13.4. The van der Waals surface area contributed by atoms with E-state index < -0.39 is 17.4 Å². The third kappa shape index (κ3) is 2.25. The molecule has 1 aromatic rings. The molecule has 100 valence electrons. The highest BCUT2D eigenvalue weighted by Gasteiger charge is 2.38. The lowest BCUT2D eigenvalue weighted by Crippen LogP contribution is -2.60. The van der Waals surface area contributed by atoms with Crippen LogP contribution in [0.4, 0.5) is 9.18 Å². The molecule has 3 N–H and O–H groups in total. The van der Waals surface area contributed by atoms with Gasteiger partial charge in [0, 0.05) is 19.6 Å². The van der Waals surface area contributed by atoms with Crippen molar-refractivity contribution >= 4 is 6.03 Å². The Kier molecular flexibility index (Phi) is 3.40. The highest BCUT2D eigenvalue weighted by Crippen LogP contribution is 2.30. The summed E-state index contributed by atoms with van der Waals surface area (Å²) in [5.41, 5.74) is 5.38. The number of rotatable bonds is 1. The van der Waals surface area contributed by atoms with Crippen LogP contribution in [-0.4, -0.2) is 30.6 Å². The van der Waals surface area contributed by atoms with Crippen LogP contribution in [0.15, 0.2) is 18.2 Å². The number of carbonyl (C=O) groups is 1. The number of hydrogen-bond acceptors (Lipinski definition) is 3. The Bertz CT molecular complexity index is 554. The van der Waals surface area contributed by atoms with E-state index in [1.807, 2.05) is 6.92 Å². The number of urea groups is 1. The molecule has 0 bridgehead atoms. The lowest BCUT2D eigenvalue weighted by atomic mass is 9.87. The van der Waals surface area contributed by atoms with Crippen LogP contribution < -0.4 is 11.1 Å². The molecule has 0 spiro atoms. The molecule has 5 nitrogen and oxygen atoms in total. The van der Waals surface area contributed by atoms with Gasteiger partial charge in [-0.25, -0.2) is 9.18 Å². The van der Waals surface area contributed by atoms with Gasteiger partial charge in [0.15, 0.2) is 0 Å². The number of primary amides is 1. The maximum atomic E-state index is 13.4. The molecule has 0 saturated carbocycles. The van der Waals surface area contributed by atoms with Crippen molar-refractivity contribution in [3.63, 3.8) is 0 Å². The van der Waals surface area contributed by atoms with E-state index in [-0.39, 0.29) is 5.56 Å². The number of nitriles is 1. The van der Waals surface area contributed by atoms with Gasteiger partial charge in [0.25, 0.3) is 0 Å². The standard InChI is InChI=1S/C13H15FN4O/c1-13(8-17-4-5-18(13)12(16)19)10-2-3-11(14)9(6-10)7-15/h2-3,6,17H,4-5,8H2,1H3,(H2,16,19). The smallest absolute Gasteiger partial charge is 0.315 e. The summed E-state index contributed by atoms with van der Waals surface area (Å²) in [7, 11) is 0. The van der Waals surface area contributed by atoms with Crippen molar-refractivity contribution in [3.8, 4) is 6.07 Å². The molecule has 6 heteroatoms. The van der Waals surface area contributed by atoms with E-state index in [1.165, 1.54) is 17.0 Å². The minimum absolute atomic E-state index is 0.0336. The average molecular weight is 262 g/mol. The van der Waals surface area contributed by atoms with E-state index in [0.29, 0.717) is 25.2 Å². The lowest BCUT2D eigenvalue weighted by molar-refractivity contribution is 0.106. The number of nitrogens with one attached hydrogen (secondary N) is 1. The molecule has 19 heavy (non-hydrogen) atoms. The third-order valence-electron chi connectivity index (χ3n) is 3.55. The summed E-state index contributed by atoms with van der Waals surface area (Å²) in [4.78, 5) is 13.1. The van der Waals surface area contributed by atoms with E-state index in [4.69, 9.17) is 11.0 Å². The van der Waals surface area contributed by atoms with Gasteiger partial charge in [-0.1, -0.05) is 6.07 Å². The topological polar surface area (TPSA) is 82.2 Å². The third-order valence-corrected chi connectivity index (χ3v) is 3.55. The molecule has 1 aliphatic rings. The second-order valence-corrected chi connectivity index (χ2v) is 4.75. The summed E-state index contributed by atoms with van der Waals surface area (Å²) in [6.07, 6.45) is 0. The van der Waals surface area contributed by atoms with Crippen molar-refractivity contribution in [1.29, 1.82) is 5.26 Å². The van der Waals surface area contributed by atoms with Crippen molar-refractivity contribution in [2.24, 2.45) is 5.73 Å². The Labute approximate surface area is 110 Å². The minimum atomic E-state index is -0.677. The van der Waals surface area contributed by atoms with Crippen LogP contribution in [0.1, 0.15) is 18.1 Å². The van der Waals surface area contributed by atoms with Gasteiger partial charge in [-0.05, 0) is 24.6 Å².